The van der Waals surface area contributed by atoms with Crippen molar-refractivity contribution in [3.05, 3.63) is 151 Å². The number of hydrogen-bond donors (Lipinski definition) is 6. The van der Waals surface area contributed by atoms with Crippen LogP contribution in [0, 0.1) is 50.4 Å². The van der Waals surface area contributed by atoms with Crippen molar-refractivity contribution in [3.63, 3.8) is 0 Å². The maximum Gasteiger partial charge on any atom is 0.514 e. The topological polar surface area (TPSA) is 395 Å². The zero-order valence-corrected chi connectivity index (χ0v) is 69.0. The second-order valence-corrected chi connectivity index (χ2v) is 33.6. The number of aryl methyl sites for hydroxylation is 2. The first kappa shape index (κ1) is 85.5. The molecular formula is C88H96N8O24S2. The summed E-state index contributed by atoms with van der Waals surface area (Å²) in [5, 5.41) is 66.6. The largest absolute Gasteiger partial charge is 0.514 e. The van der Waals surface area contributed by atoms with Crippen LogP contribution in [0.5, 0.6) is 80.5 Å². The number of carbonyl (C=O) groups excluding carboxylic acids is 6. The first-order chi connectivity index (χ1) is 57.8. The van der Waals surface area contributed by atoms with Crippen LogP contribution in [0.1, 0.15) is 152 Å². The molecule has 32 nitrogen and oxygen atoms in total. The number of amides is 1. The number of piperazine rings is 2. The van der Waals surface area contributed by atoms with Gasteiger partial charge in [0, 0.05) is 95.0 Å². The van der Waals surface area contributed by atoms with Crippen molar-refractivity contribution in [1.82, 2.24) is 30.7 Å². The van der Waals surface area contributed by atoms with Gasteiger partial charge in [0.2, 0.25) is 13.6 Å². The molecule has 1 amide bonds. The summed E-state index contributed by atoms with van der Waals surface area (Å²) in [6.07, 6.45) is 2.74. The summed E-state index contributed by atoms with van der Waals surface area (Å²) >= 11 is 2.77. The number of thioether (sulfide) groups is 2. The maximum absolute atomic E-state index is 15.1. The number of rotatable bonds is 11. The summed E-state index contributed by atoms with van der Waals surface area (Å²) in [4.78, 5) is 88.7. The predicted molar refractivity (Wildman–Crippen MR) is 441 cm³/mol. The second kappa shape index (κ2) is 33.0. The van der Waals surface area contributed by atoms with Gasteiger partial charge in [-0.1, -0.05) is 52.3 Å². The van der Waals surface area contributed by atoms with Gasteiger partial charge in [0.25, 0.3) is 0 Å². The fourth-order valence-corrected chi connectivity index (χ4v) is 23.9. The van der Waals surface area contributed by atoms with Gasteiger partial charge in [0.15, 0.2) is 80.1 Å². The van der Waals surface area contributed by atoms with Crippen molar-refractivity contribution >= 4 is 59.6 Å². The molecule has 20 rings (SSSR count). The molecule has 4 fully saturated rings. The lowest BCUT2D eigenvalue weighted by molar-refractivity contribution is -0.157. The molecule has 4 saturated heterocycles. The highest BCUT2D eigenvalue weighted by atomic mass is 32.2. The lowest BCUT2D eigenvalue weighted by Crippen LogP contribution is -2.71. The van der Waals surface area contributed by atoms with E-state index in [9.17, 15) is 49.8 Å². The summed E-state index contributed by atoms with van der Waals surface area (Å²) in [6, 6.07) is 7.94. The van der Waals surface area contributed by atoms with E-state index in [0.717, 1.165) is 16.7 Å². The van der Waals surface area contributed by atoms with Crippen molar-refractivity contribution in [3.8, 4) is 92.6 Å². The molecule has 0 aromatic heterocycles. The van der Waals surface area contributed by atoms with E-state index in [1.54, 1.807) is 31.2 Å². The number of ether oxygens (including phenoxy) is 15. The summed E-state index contributed by atoms with van der Waals surface area (Å²) < 4.78 is 88.7. The molecule has 2 unspecified atom stereocenters. The van der Waals surface area contributed by atoms with E-state index in [2.05, 4.69) is 46.1 Å². The molecular weight excluding hydrogens is 1620 g/mol. The van der Waals surface area contributed by atoms with Crippen molar-refractivity contribution in [2.24, 2.45) is 0 Å². The average Bonchev–Trinajstić information content (AvgIpc) is 0.918. The number of benzene rings is 6. The van der Waals surface area contributed by atoms with E-state index in [1.807, 2.05) is 37.8 Å². The first-order valence-electron chi connectivity index (χ1n) is 39.2. The first-order valence-corrected chi connectivity index (χ1v) is 41.3. The number of esters is 4. The SMILES string of the molecule is C.C.C=CCOC(=O)Oc1cc2c(cc1OC)[C@@]1(CS[C@@H]3c4c(OC(C)=O)c(C)c5c(c4[C@H](COC1=O)N1C3[C@H]3c4c(cc(C)c(OC)c4O)C[C@@H]([C@@H]1C#N)N3C(=O)OCC=C)OCO5)NCC2.COc1cc2c(cc1O)CCN[C@]21CS[C@@H]2c3c(OC(C)=O)c(C)c4c(c3[C@H](COC1=O)N1C2[C@@H]2N[C@@H](Cc3cc(C)c(OC)c(O)c32)[C@@H]1C#N)OCO4. The number of nitrogens with zero attached hydrogens (tertiary/aromatic N) is 5. The van der Waals surface area contributed by atoms with Crippen LogP contribution < -0.4 is 68.1 Å². The van der Waals surface area contributed by atoms with Crippen LogP contribution in [0.15, 0.2) is 61.7 Å². The molecule has 122 heavy (non-hydrogen) atoms. The molecule has 6 N–H and O–H groups in total. The average molecular weight is 1710 g/mol. The minimum atomic E-state index is -1.57. The van der Waals surface area contributed by atoms with Gasteiger partial charge < -0.3 is 91.7 Å². The van der Waals surface area contributed by atoms with Gasteiger partial charge >= 0.3 is 36.1 Å². The number of nitriles is 2. The standard InChI is InChI=1S/C47H48N4O14S.C39H40N4O10S.2CH4/c1-8-12-59-45(55)51-28-15-26-14-22(3)39(58-7)38(53)33(26)36(51)37-43-35-34(42-41(62-21-63-42)23(4)40(35)64-24(5)52)30(50(37)29(28)18-48)19-61-44(54)47(20-66-43)27-17-31(57-6)32(16-25(27)10-11-49-47)65-46(56)60-13-9-2;1-16-8-20-9-22-23(12-40)43-24-13-50-38(47)39(21-11-26(48-4)25(45)10-19(21)6-7-41-39)14-54-37(31(43)30(42-22)27(20)32(46)33(16)49-5)29-28(24)36-35(51-15-52-36)17(2)34(29)53-18(3)44;;/h8-9,14,16-17,28-30,36-37,43,49,53H,1-2,10-13,15,19-21H2,3-7H3;8,10-11,22-24,30-31,37,41-42,45-46H,6-7,9,13-15H2,1-5H3;2*1H4/t28-,29-,30-,36+,37?,43+,47+;22-,23-,24-,30+,31?,37+,39+;;/m00../s1. The van der Waals surface area contributed by atoms with Crippen molar-refractivity contribution in [2.75, 3.05) is 93.0 Å². The molecule has 14 heterocycles. The Morgan fingerprint density at radius 1 is 0.574 bits per heavy atom. The molecule has 34 heteroatoms. The molecule has 6 aromatic rings. The predicted octanol–water partition coefficient (Wildman–Crippen LogP) is 10.6. The Labute approximate surface area is 712 Å². The lowest BCUT2D eigenvalue weighted by atomic mass is 9.71. The summed E-state index contributed by atoms with van der Waals surface area (Å²) in [6.45, 7) is 17.0. The molecule has 14 aliphatic rings. The molecule has 0 aliphatic carbocycles. The van der Waals surface area contributed by atoms with E-state index in [4.69, 9.17) is 71.1 Å². The maximum atomic E-state index is 15.1. The van der Waals surface area contributed by atoms with E-state index in [-0.39, 0.29) is 125 Å². The summed E-state index contributed by atoms with van der Waals surface area (Å²) in [5.74, 6) is 0.735. The number of nitrogens with one attached hydrogen (secondary N) is 3. The Morgan fingerprint density at radius 2 is 1.07 bits per heavy atom. The highest BCUT2D eigenvalue weighted by Crippen LogP contribution is 2.68. The Bertz CT molecular complexity index is 5480. The third-order valence-electron chi connectivity index (χ3n) is 25.1. The van der Waals surface area contributed by atoms with Gasteiger partial charge in [0.1, 0.15) is 50.0 Å². The Kier molecular flexibility index (Phi) is 23.2. The molecule has 8 bridgehead atoms. The van der Waals surface area contributed by atoms with Crippen molar-refractivity contribution < 1.29 is 115 Å². The number of phenolic OH excluding ortho intramolecular Hbond substituents is 3. The van der Waals surface area contributed by atoms with E-state index >= 15 is 4.79 Å². The number of aromatic hydroxyl groups is 3. The number of fused-ring (bicyclic) bond motifs is 18. The zero-order chi connectivity index (χ0) is 84.6. The van der Waals surface area contributed by atoms with Crippen LogP contribution >= 0.6 is 23.5 Å². The number of hydrogen-bond acceptors (Lipinski definition) is 33. The Morgan fingerprint density at radius 3 is 1.58 bits per heavy atom. The molecule has 14 aliphatic heterocycles. The van der Waals surface area contributed by atoms with Crippen LogP contribution in [0.3, 0.4) is 0 Å². The Hall–Kier alpha value is -11.5. The summed E-state index contributed by atoms with van der Waals surface area (Å²) in [7, 11) is 5.84. The van der Waals surface area contributed by atoms with E-state index < -0.39 is 112 Å². The number of carbonyl (C=O) groups is 6. The normalized spacial score (nSPS) is 26.5. The van der Waals surface area contributed by atoms with E-state index in [1.165, 1.54) is 82.9 Å². The van der Waals surface area contributed by atoms with Gasteiger partial charge in [-0.15, -0.1) is 23.5 Å². The third kappa shape index (κ3) is 13.2. The van der Waals surface area contributed by atoms with Gasteiger partial charge in [-0.25, -0.2) is 19.2 Å². The fourth-order valence-electron chi connectivity index (χ4n) is 20.5. The van der Waals surface area contributed by atoms with Crippen LogP contribution in [0.25, 0.3) is 0 Å². The van der Waals surface area contributed by atoms with Crippen LogP contribution in [0.2, 0.25) is 0 Å². The van der Waals surface area contributed by atoms with Crippen LogP contribution in [-0.4, -0.2) is 195 Å². The molecule has 0 saturated carbocycles. The van der Waals surface area contributed by atoms with Crippen molar-refractivity contribution in [2.45, 2.75) is 164 Å². The van der Waals surface area contributed by atoms with Gasteiger partial charge in [-0.2, -0.15) is 10.5 Å². The monoisotopic (exact) mass is 1710 g/mol. The molecule has 6 aromatic carbocycles. The van der Waals surface area contributed by atoms with Gasteiger partial charge in [0.05, 0.1) is 87.3 Å². The zero-order valence-electron chi connectivity index (χ0n) is 67.3. The quantitative estimate of drug-likeness (QED) is 0.0231. The lowest BCUT2D eigenvalue weighted by Gasteiger charge is -2.62. The third-order valence-corrected chi connectivity index (χ3v) is 28.0. The van der Waals surface area contributed by atoms with Crippen LogP contribution in [0.4, 0.5) is 9.59 Å². The molecule has 0 radical (unpaired) electrons. The minimum absolute atomic E-state index is 0. The smallest absolute Gasteiger partial charge is 0.504 e. The van der Waals surface area contributed by atoms with Crippen molar-refractivity contribution in [1.29, 1.82) is 10.5 Å². The number of methoxy groups -OCH3 is 4. The molecule has 644 valence electrons. The number of phenols is 3. The second-order valence-electron chi connectivity index (χ2n) is 31.3. The van der Waals surface area contributed by atoms with E-state index in [0.29, 0.717) is 139 Å². The summed E-state index contributed by atoms with van der Waals surface area (Å²) in [5.41, 5.74) is 7.15. The molecule has 2 spiro atoms. The minimum Gasteiger partial charge on any atom is -0.504 e. The van der Waals surface area contributed by atoms with Gasteiger partial charge in [-0.05, 0) is 122 Å². The fraction of sp³-hybridized carbons (Fsp3) is 0.455. The van der Waals surface area contributed by atoms with Gasteiger partial charge in [-0.3, -0.25) is 34.9 Å². The highest BCUT2D eigenvalue weighted by molar-refractivity contribution is 7.99. The highest BCUT2D eigenvalue weighted by Gasteiger charge is 2.66. The van der Waals surface area contributed by atoms with Crippen LogP contribution in [-0.2, 0) is 74.9 Å². The molecule has 14 atom stereocenters. The Balaban J connectivity index is 0.000000190.